The number of H-pyrrole nitrogens is 1. The third-order valence-corrected chi connectivity index (χ3v) is 2.37. The van der Waals surface area contributed by atoms with Gasteiger partial charge >= 0.3 is 5.69 Å². The molecule has 18 heavy (non-hydrogen) atoms. The maximum Gasteiger partial charge on any atom is 0.328 e. The van der Waals surface area contributed by atoms with Crippen molar-refractivity contribution < 1.29 is 4.39 Å². The molecule has 0 atom stereocenters. The molecule has 1 aromatic carbocycles. The molecule has 0 saturated carbocycles. The fraction of sp³-hybridized carbons (Fsp3) is 0.0833. The highest BCUT2D eigenvalue weighted by Gasteiger charge is 2.04. The molecule has 0 aliphatic heterocycles. The van der Waals surface area contributed by atoms with Crippen LogP contribution < -0.4 is 11.2 Å². The lowest BCUT2D eigenvalue weighted by Crippen LogP contribution is -2.31. The predicted octanol–water partition coefficient (Wildman–Crippen LogP) is 0.596. The minimum Gasteiger partial charge on any atom is -0.295 e. The van der Waals surface area contributed by atoms with E-state index < -0.39 is 17.1 Å². The monoisotopic (exact) mass is 245 g/mol. The van der Waals surface area contributed by atoms with Crippen LogP contribution in [0.1, 0.15) is 11.1 Å². The topological polar surface area (TPSA) is 78.7 Å². The van der Waals surface area contributed by atoms with Crippen LogP contribution in [-0.4, -0.2) is 9.55 Å². The van der Waals surface area contributed by atoms with Gasteiger partial charge in [-0.2, -0.15) is 5.26 Å². The molecule has 0 radical (unpaired) electrons. The van der Waals surface area contributed by atoms with Gasteiger partial charge in [0.05, 0.1) is 6.54 Å². The average Bonchev–Trinajstić information content (AvgIpc) is 2.33. The smallest absolute Gasteiger partial charge is 0.295 e. The lowest BCUT2D eigenvalue weighted by Gasteiger charge is -2.05. The summed E-state index contributed by atoms with van der Waals surface area (Å²) in [5, 5.41) is 8.70. The van der Waals surface area contributed by atoms with Gasteiger partial charge in [0.25, 0.3) is 5.56 Å². The molecule has 2 rings (SSSR count). The van der Waals surface area contributed by atoms with Crippen LogP contribution in [0, 0.1) is 17.1 Å². The quantitative estimate of drug-likeness (QED) is 0.841. The molecule has 1 heterocycles. The van der Waals surface area contributed by atoms with Crippen molar-refractivity contribution in [1.82, 2.24) is 9.55 Å². The second-order valence-corrected chi connectivity index (χ2v) is 3.67. The number of hydrogen-bond acceptors (Lipinski definition) is 3. The number of nitrogens with one attached hydrogen (secondary N) is 1. The van der Waals surface area contributed by atoms with Gasteiger partial charge in [-0.3, -0.25) is 14.3 Å². The number of nitriles is 1. The van der Waals surface area contributed by atoms with E-state index in [9.17, 15) is 14.0 Å². The molecule has 5 nitrogen and oxygen atoms in total. The summed E-state index contributed by atoms with van der Waals surface area (Å²) < 4.78 is 14.1. The molecule has 1 N–H and O–H groups in total. The molecule has 2 aromatic rings. The van der Waals surface area contributed by atoms with E-state index in [4.69, 9.17) is 5.26 Å². The van der Waals surface area contributed by atoms with Crippen LogP contribution in [0.5, 0.6) is 0 Å². The van der Waals surface area contributed by atoms with Gasteiger partial charge in [-0.05, 0) is 17.7 Å². The van der Waals surface area contributed by atoms with Crippen molar-refractivity contribution in [2.24, 2.45) is 0 Å². The minimum atomic E-state index is -0.724. The van der Waals surface area contributed by atoms with Crippen molar-refractivity contribution in [3.05, 3.63) is 68.2 Å². The molecule has 0 aliphatic rings. The molecule has 0 amide bonds. The zero-order valence-corrected chi connectivity index (χ0v) is 9.18. The van der Waals surface area contributed by atoms with Gasteiger partial charge in [-0.25, -0.2) is 9.18 Å². The fourth-order valence-electron chi connectivity index (χ4n) is 1.54. The fourth-order valence-corrected chi connectivity index (χ4v) is 1.54. The van der Waals surface area contributed by atoms with Crippen molar-refractivity contribution in [3.63, 3.8) is 0 Å². The Balaban J connectivity index is 2.44. The third kappa shape index (κ3) is 2.35. The van der Waals surface area contributed by atoms with Crippen LogP contribution in [0.25, 0.3) is 0 Å². The van der Waals surface area contributed by atoms with Crippen LogP contribution in [0.15, 0.2) is 40.1 Å². The molecule has 6 heteroatoms. The lowest BCUT2D eigenvalue weighted by molar-refractivity contribution is 0.621. The molecule has 0 spiro atoms. The number of aromatic amines is 1. The average molecular weight is 245 g/mol. The number of rotatable bonds is 2. The summed E-state index contributed by atoms with van der Waals surface area (Å²) in [5.41, 5.74) is -0.958. The van der Waals surface area contributed by atoms with E-state index in [0.717, 1.165) is 10.8 Å². The van der Waals surface area contributed by atoms with Gasteiger partial charge in [-0.1, -0.05) is 12.1 Å². The zero-order valence-electron chi connectivity index (χ0n) is 9.18. The van der Waals surface area contributed by atoms with Crippen molar-refractivity contribution in [3.8, 4) is 6.07 Å². The summed E-state index contributed by atoms with van der Waals surface area (Å²) in [6.45, 7) is 0.0854. The van der Waals surface area contributed by atoms with E-state index in [-0.39, 0.29) is 12.1 Å². The first-order valence-electron chi connectivity index (χ1n) is 5.08. The Morgan fingerprint density at radius 2 is 2.17 bits per heavy atom. The van der Waals surface area contributed by atoms with Gasteiger partial charge < -0.3 is 0 Å². The Morgan fingerprint density at radius 1 is 1.39 bits per heavy atom. The van der Waals surface area contributed by atoms with Crippen LogP contribution in [0.3, 0.4) is 0 Å². The highest BCUT2D eigenvalue weighted by molar-refractivity contribution is 5.23. The second kappa shape index (κ2) is 4.67. The first-order valence-corrected chi connectivity index (χ1v) is 5.08. The predicted molar refractivity (Wildman–Crippen MR) is 61.5 cm³/mol. The normalized spacial score (nSPS) is 10.0. The van der Waals surface area contributed by atoms with Crippen molar-refractivity contribution in [2.45, 2.75) is 6.54 Å². The Kier molecular flexibility index (Phi) is 3.06. The third-order valence-electron chi connectivity index (χ3n) is 2.37. The summed E-state index contributed by atoms with van der Waals surface area (Å²) in [6, 6.07) is 7.42. The highest BCUT2D eigenvalue weighted by atomic mass is 19.1. The highest BCUT2D eigenvalue weighted by Crippen LogP contribution is 2.04. The maximum atomic E-state index is 13.0. The van der Waals surface area contributed by atoms with Gasteiger partial charge in [-0.15, -0.1) is 0 Å². The Hall–Kier alpha value is -2.68. The summed E-state index contributed by atoms with van der Waals surface area (Å²) in [6.07, 6.45) is 1.16. The number of hydrogen-bond donors (Lipinski definition) is 1. The summed E-state index contributed by atoms with van der Waals surface area (Å²) in [5.74, 6) is -0.412. The Bertz CT molecular complexity index is 740. The maximum absolute atomic E-state index is 13.0. The molecule has 0 unspecified atom stereocenters. The van der Waals surface area contributed by atoms with E-state index in [1.54, 1.807) is 12.1 Å². The van der Waals surface area contributed by atoms with Crippen molar-refractivity contribution in [2.75, 3.05) is 0 Å². The van der Waals surface area contributed by atoms with E-state index >= 15 is 0 Å². The van der Waals surface area contributed by atoms with E-state index in [2.05, 4.69) is 0 Å². The van der Waals surface area contributed by atoms with E-state index in [1.807, 2.05) is 4.98 Å². The van der Waals surface area contributed by atoms with Crippen LogP contribution in [0.2, 0.25) is 0 Å². The number of benzene rings is 1. The molecule has 0 saturated heterocycles. The van der Waals surface area contributed by atoms with Crippen LogP contribution in [-0.2, 0) is 6.54 Å². The first-order chi connectivity index (χ1) is 8.60. The zero-order chi connectivity index (χ0) is 13.1. The SMILES string of the molecule is N#Cc1cn(Cc2cccc(F)c2)c(=O)[nH]c1=O. The number of aromatic nitrogens is 2. The van der Waals surface area contributed by atoms with Gasteiger partial charge in [0.15, 0.2) is 0 Å². The summed E-state index contributed by atoms with van der Waals surface area (Å²) in [7, 11) is 0. The molecule has 0 aliphatic carbocycles. The largest absolute Gasteiger partial charge is 0.328 e. The van der Waals surface area contributed by atoms with Gasteiger partial charge in [0.1, 0.15) is 17.4 Å². The molecule has 0 bridgehead atoms. The summed E-state index contributed by atoms with van der Waals surface area (Å²) >= 11 is 0. The van der Waals surface area contributed by atoms with Crippen molar-refractivity contribution >= 4 is 0 Å². The van der Waals surface area contributed by atoms with Gasteiger partial charge in [0, 0.05) is 6.20 Å². The van der Waals surface area contributed by atoms with Crippen LogP contribution >= 0.6 is 0 Å². The number of halogens is 1. The lowest BCUT2D eigenvalue weighted by atomic mass is 10.2. The van der Waals surface area contributed by atoms with E-state index in [1.165, 1.54) is 18.2 Å². The minimum absolute atomic E-state index is 0.0854. The molecular weight excluding hydrogens is 237 g/mol. The van der Waals surface area contributed by atoms with Crippen molar-refractivity contribution in [1.29, 1.82) is 5.26 Å². The Morgan fingerprint density at radius 3 is 2.83 bits per heavy atom. The first kappa shape index (κ1) is 11.8. The van der Waals surface area contributed by atoms with Gasteiger partial charge in [0.2, 0.25) is 0 Å². The summed E-state index contributed by atoms with van der Waals surface area (Å²) in [4.78, 5) is 24.7. The standard InChI is InChI=1S/C12H8FN3O2/c13-10-3-1-2-8(4-10)6-16-7-9(5-14)11(17)15-12(16)18/h1-4,7H,6H2,(H,15,17,18). The Labute approximate surface area is 101 Å². The molecular formula is C12H8FN3O2. The second-order valence-electron chi connectivity index (χ2n) is 3.67. The molecule has 90 valence electrons. The van der Waals surface area contributed by atoms with Crippen LogP contribution in [0.4, 0.5) is 4.39 Å². The number of nitrogens with zero attached hydrogens (tertiary/aromatic N) is 2. The molecule has 0 fully saturated rings. The molecule has 1 aromatic heterocycles. The van der Waals surface area contributed by atoms with E-state index in [0.29, 0.717) is 5.56 Å².